The normalized spacial score (nSPS) is 11.5. The van der Waals surface area contributed by atoms with E-state index in [1.54, 1.807) is 12.1 Å². The average molecular weight is 253 g/mol. The van der Waals surface area contributed by atoms with E-state index in [2.05, 4.69) is 17.1 Å². The van der Waals surface area contributed by atoms with E-state index in [1.165, 1.54) is 6.20 Å². The van der Waals surface area contributed by atoms with E-state index >= 15 is 0 Å². The van der Waals surface area contributed by atoms with Crippen LogP contribution in [0.2, 0.25) is 0 Å². The smallest absolute Gasteiger partial charge is 0.213 e. The fourth-order valence-corrected chi connectivity index (χ4v) is 1.23. The minimum absolute atomic E-state index is 0.0250. The molecule has 1 aromatic heterocycles. The maximum atomic E-state index is 8.49. The molecule has 0 atom stereocenters. The highest BCUT2D eigenvalue weighted by molar-refractivity contribution is 5.96. The van der Waals surface area contributed by atoms with Crippen LogP contribution in [0.3, 0.4) is 0 Å². The SMILES string of the molecule is CCCCOCCOc1ccc(/C(N)=N/O)cn1. The predicted molar refractivity (Wildman–Crippen MR) is 68.0 cm³/mol. The molecule has 0 saturated heterocycles. The van der Waals surface area contributed by atoms with E-state index < -0.39 is 0 Å². The molecule has 100 valence electrons. The van der Waals surface area contributed by atoms with Crippen LogP contribution in [-0.4, -0.2) is 35.8 Å². The summed E-state index contributed by atoms with van der Waals surface area (Å²) in [7, 11) is 0. The number of unbranched alkanes of at least 4 members (excludes halogenated alkanes) is 1. The Morgan fingerprint density at radius 2 is 2.22 bits per heavy atom. The van der Waals surface area contributed by atoms with Crippen LogP contribution in [0.4, 0.5) is 0 Å². The van der Waals surface area contributed by atoms with Crippen molar-refractivity contribution in [1.82, 2.24) is 4.98 Å². The third kappa shape index (κ3) is 5.01. The summed E-state index contributed by atoms with van der Waals surface area (Å²) in [4.78, 5) is 4.03. The lowest BCUT2D eigenvalue weighted by Gasteiger charge is -2.06. The van der Waals surface area contributed by atoms with E-state index in [9.17, 15) is 0 Å². The molecule has 1 heterocycles. The maximum absolute atomic E-state index is 8.49. The second-order valence-electron chi connectivity index (χ2n) is 3.68. The Kier molecular flexibility index (Phi) is 6.56. The fraction of sp³-hybridized carbons (Fsp3) is 0.500. The highest BCUT2D eigenvalue weighted by Gasteiger charge is 2.00. The van der Waals surface area contributed by atoms with Gasteiger partial charge in [-0.1, -0.05) is 18.5 Å². The van der Waals surface area contributed by atoms with Crippen LogP contribution in [-0.2, 0) is 4.74 Å². The van der Waals surface area contributed by atoms with Crippen molar-refractivity contribution < 1.29 is 14.7 Å². The molecule has 0 saturated carbocycles. The summed E-state index contributed by atoms with van der Waals surface area (Å²) in [6.07, 6.45) is 3.67. The molecule has 1 aromatic rings. The number of ether oxygens (including phenoxy) is 2. The molecule has 0 aliphatic heterocycles. The molecule has 0 aliphatic rings. The first-order chi connectivity index (χ1) is 8.77. The number of nitrogens with zero attached hydrogens (tertiary/aromatic N) is 2. The van der Waals surface area contributed by atoms with Gasteiger partial charge in [0, 0.05) is 24.4 Å². The summed E-state index contributed by atoms with van der Waals surface area (Å²) in [5.41, 5.74) is 5.96. The van der Waals surface area contributed by atoms with Gasteiger partial charge < -0.3 is 20.4 Å². The van der Waals surface area contributed by atoms with Gasteiger partial charge in [-0.3, -0.25) is 0 Å². The first-order valence-corrected chi connectivity index (χ1v) is 5.92. The van der Waals surface area contributed by atoms with Gasteiger partial charge in [0.05, 0.1) is 6.61 Å². The van der Waals surface area contributed by atoms with Gasteiger partial charge in [-0.05, 0) is 12.5 Å². The van der Waals surface area contributed by atoms with E-state index in [4.69, 9.17) is 20.4 Å². The van der Waals surface area contributed by atoms with Crippen molar-refractivity contribution in [2.24, 2.45) is 10.9 Å². The number of nitrogens with two attached hydrogens (primary N) is 1. The van der Waals surface area contributed by atoms with E-state index in [0.717, 1.165) is 19.4 Å². The molecule has 0 bridgehead atoms. The topological polar surface area (TPSA) is 90.0 Å². The zero-order valence-corrected chi connectivity index (χ0v) is 10.5. The molecule has 6 heteroatoms. The van der Waals surface area contributed by atoms with Crippen LogP contribution in [0.5, 0.6) is 5.88 Å². The lowest BCUT2D eigenvalue weighted by atomic mass is 10.3. The first-order valence-electron chi connectivity index (χ1n) is 5.92. The summed E-state index contributed by atoms with van der Waals surface area (Å²) in [6, 6.07) is 3.34. The fourth-order valence-electron chi connectivity index (χ4n) is 1.23. The monoisotopic (exact) mass is 253 g/mol. The average Bonchev–Trinajstić information content (AvgIpc) is 2.42. The molecular weight excluding hydrogens is 234 g/mol. The largest absolute Gasteiger partial charge is 0.475 e. The van der Waals surface area contributed by atoms with Crippen molar-refractivity contribution in [3.8, 4) is 5.88 Å². The van der Waals surface area contributed by atoms with E-state index in [0.29, 0.717) is 24.7 Å². The Morgan fingerprint density at radius 3 is 2.83 bits per heavy atom. The van der Waals surface area contributed by atoms with Gasteiger partial charge in [-0.2, -0.15) is 0 Å². The van der Waals surface area contributed by atoms with Crippen LogP contribution in [0.1, 0.15) is 25.3 Å². The molecule has 6 nitrogen and oxygen atoms in total. The third-order valence-corrected chi connectivity index (χ3v) is 2.26. The Balaban J connectivity index is 2.27. The second-order valence-corrected chi connectivity index (χ2v) is 3.68. The predicted octanol–water partition coefficient (Wildman–Crippen LogP) is 1.37. The van der Waals surface area contributed by atoms with E-state index in [-0.39, 0.29) is 5.84 Å². The number of oxime groups is 1. The van der Waals surface area contributed by atoms with E-state index in [1.807, 2.05) is 0 Å². The lowest BCUT2D eigenvalue weighted by molar-refractivity contribution is 0.0965. The first kappa shape index (κ1) is 14.2. The molecule has 0 aliphatic carbocycles. The molecule has 0 radical (unpaired) electrons. The third-order valence-electron chi connectivity index (χ3n) is 2.26. The summed E-state index contributed by atoms with van der Waals surface area (Å²) < 4.78 is 10.7. The molecule has 0 amide bonds. The van der Waals surface area contributed by atoms with Gasteiger partial charge in [0.15, 0.2) is 5.84 Å². The van der Waals surface area contributed by atoms with Crippen molar-refractivity contribution in [2.75, 3.05) is 19.8 Å². The molecule has 18 heavy (non-hydrogen) atoms. The Labute approximate surface area is 106 Å². The van der Waals surface area contributed by atoms with Crippen LogP contribution in [0.25, 0.3) is 0 Å². The van der Waals surface area contributed by atoms with Crippen LogP contribution in [0.15, 0.2) is 23.5 Å². The molecule has 0 unspecified atom stereocenters. The second kappa shape index (κ2) is 8.30. The molecule has 0 fully saturated rings. The lowest BCUT2D eigenvalue weighted by Crippen LogP contribution is -2.13. The Morgan fingerprint density at radius 1 is 1.39 bits per heavy atom. The van der Waals surface area contributed by atoms with Crippen molar-refractivity contribution in [1.29, 1.82) is 0 Å². The zero-order chi connectivity index (χ0) is 13.2. The van der Waals surface area contributed by atoms with Gasteiger partial charge in [-0.15, -0.1) is 0 Å². The Hall–Kier alpha value is -1.82. The summed E-state index contributed by atoms with van der Waals surface area (Å²) in [6.45, 7) is 3.88. The van der Waals surface area contributed by atoms with Crippen LogP contribution in [0, 0.1) is 0 Å². The summed E-state index contributed by atoms with van der Waals surface area (Å²) in [5, 5.41) is 11.4. The molecule has 3 N–H and O–H groups in total. The quantitative estimate of drug-likeness (QED) is 0.240. The minimum atomic E-state index is 0.0250. The highest BCUT2D eigenvalue weighted by atomic mass is 16.5. The number of rotatable bonds is 8. The van der Waals surface area contributed by atoms with Crippen LogP contribution < -0.4 is 10.5 Å². The number of pyridine rings is 1. The number of hydrogen-bond donors (Lipinski definition) is 2. The number of amidine groups is 1. The Bertz CT molecular complexity index is 365. The maximum Gasteiger partial charge on any atom is 0.213 e. The molecule has 1 rings (SSSR count). The van der Waals surface area contributed by atoms with Gasteiger partial charge in [0.2, 0.25) is 5.88 Å². The van der Waals surface area contributed by atoms with Crippen molar-refractivity contribution >= 4 is 5.84 Å². The zero-order valence-electron chi connectivity index (χ0n) is 10.5. The van der Waals surface area contributed by atoms with Crippen LogP contribution >= 0.6 is 0 Å². The minimum Gasteiger partial charge on any atom is -0.475 e. The molecule has 0 aromatic carbocycles. The summed E-state index contributed by atoms with van der Waals surface area (Å²) in [5.74, 6) is 0.514. The van der Waals surface area contributed by atoms with Gasteiger partial charge in [-0.25, -0.2) is 4.98 Å². The van der Waals surface area contributed by atoms with Gasteiger partial charge in [0.25, 0.3) is 0 Å². The number of hydrogen-bond acceptors (Lipinski definition) is 5. The highest BCUT2D eigenvalue weighted by Crippen LogP contribution is 2.07. The van der Waals surface area contributed by atoms with Crippen molar-refractivity contribution in [2.45, 2.75) is 19.8 Å². The van der Waals surface area contributed by atoms with Gasteiger partial charge in [0.1, 0.15) is 6.61 Å². The van der Waals surface area contributed by atoms with Gasteiger partial charge >= 0.3 is 0 Å². The standard InChI is InChI=1S/C12H19N3O3/c1-2-3-6-17-7-8-18-11-5-4-10(9-14-11)12(13)15-16/h4-5,9,16H,2-3,6-8H2,1H3,(H2,13,15). The van der Waals surface area contributed by atoms with Crippen molar-refractivity contribution in [3.05, 3.63) is 23.9 Å². The molecular formula is C12H19N3O3. The molecule has 0 spiro atoms. The number of aromatic nitrogens is 1. The van der Waals surface area contributed by atoms with Crippen molar-refractivity contribution in [3.63, 3.8) is 0 Å². The summed E-state index contributed by atoms with van der Waals surface area (Å²) >= 11 is 0.